The SMILES string of the molecule is CCC(O)(C=CC=C[C@@H](C)C1CCC2C(=CC=C3C[C@@H](O)C(O)[C@H](O)C3)CCCC21C)CC. The Balaban J connectivity index is 1.69. The van der Waals surface area contributed by atoms with Crippen LogP contribution in [0.2, 0.25) is 0 Å². The van der Waals surface area contributed by atoms with Crippen LogP contribution in [0, 0.1) is 23.2 Å². The predicted molar refractivity (Wildman–Crippen MR) is 135 cm³/mol. The van der Waals surface area contributed by atoms with Crippen LogP contribution in [0.5, 0.6) is 0 Å². The van der Waals surface area contributed by atoms with Crippen molar-refractivity contribution in [3.8, 4) is 0 Å². The Morgan fingerprint density at radius 1 is 1.03 bits per heavy atom. The molecular formula is C29H46O4. The average molecular weight is 459 g/mol. The van der Waals surface area contributed by atoms with E-state index in [2.05, 4.69) is 38.2 Å². The number of aliphatic hydroxyl groups excluding tert-OH is 3. The maximum absolute atomic E-state index is 10.4. The smallest absolute Gasteiger partial charge is 0.106 e. The van der Waals surface area contributed by atoms with E-state index in [0.29, 0.717) is 36.0 Å². The Labute approximate surface area is 200 Å². The molecule has 0 bridgehead atoms. The summed E-state index contributed by atoms with van der Waals surface area (Å²) in [7, 11) is 0. The molecule has 0 heterocycles. The fourth-order valence-electron chi connectivity index (χ4n) is 6.72. The van der Waals surface area contributed by atoms with E-state index in [1.165, 1.54) is 31.3 Å². The van der Waals surface area contributed by atoms with Gasteiger partial charge in [0.05, 0.1) is 17.8 Å². The summed E-state index contributed by atoms with van der Waals surface area (Å²) in [5, 5.41) is 40.3. The number of hydrogen-bond acceptors (Lipinski definition) is 4. The predicted octanol–water partition coefficient (Wildman–Crippen LogP) is 5.23. The van der Waals surface area contributed by atoms with Crippen LogP contribution in [0.1, 0.15) is 85.5 Å². The standard InChI is InChI=1S/C29H46O4/c1-5-29(33,6-2)17-8-7-10-20(3)23-14-15-24-22(11-9-16-28(23,24)4)13-12-21-18-25(30)27(32)26(31)19-21/h7-8,10,12-13,17,20,23-27,30-33H,5-6,9,11,14-16,18-19H2,1-4H3/t20-,23?,24?,25-,26-,27?,28?/m1/s1. The van der Waals surface area contributed by atoms with E-state index in [1.807, 2.05) is 26.0 Å². The molecule has 3 aliphatic carbocycles. The molecule has 4 heteroatoms. The molecule has 0 amide bonds. The molecular weight excluding hydrogens is 412 g/mol. The second-order valence-electron chi connectivity index (χ2n) is 11.1. The van der Waals surface area contributed by atoms with Gasteiger partial charge in [-0.1, -0.05) is 75.3 Å². The number of fused-ring (bicyclic) bond motifs is 1. The van der Waals surface area contributed by atoms with Crippen LogP contribution in [0.15, 0.2) is 47.6 Å². The molecule has 3 aliphatic rings. The minimum atomic E-state index is -1.04. The van der Waals surface area contributed by atoms with Gasteiger partial charge in [-0.2, -0.15) is 0 Å². The fourth-order valence-corrected chi connectivity index (χ4v) is 6.72. The van der Waals surface area contributed by atoms with E-state index in [-0.39, 0.29) is 0 Å². The Morgan fingerprint density at radius 3 is 2.33 bits per heavy atom. The lowest BCUT2D eigenvalue weighted by atomic mass is 9.61. The largest absolute Gasteiger partial charge is 0.390 e. The van der Waals surface area contributed by atoms with Gasteiger partial charge >= 0.3 is 0 Å². The van der Waals surface area contributed by atoms with E-state index in [1.54, 1.807) is 0 Å². The second-order valence-corrected chi connectivity index (χ2v) is 11.1. The van der Waals surface area contributed by atoms with Gasteiger partial charge in [0.15, 0.2) is 0 Å². The molecule has 4 N–H and O–H groups in total. The molecule has 33 heavy (non-hydrogen) atoms. The molecule has 0 aromatic rings. The summed E-state index contributed by atoms with van der Waals surface area (Å²) in [6.07, 6.45) is 18.4. The highest BCUT2D eigenvalue weighted by molar-refractivity contribution is 5.27. The maximum atomic E-state index is 10.4. The number of aliphatic hydroxyl groups is 4. The third-order valence-electron chi connectivity index (χ3n) is 9.09. The topological polar surface area (TPSA) is 80.9 Å². The zero-order chi connectivity index (χ0) is 24.2. The van der Waals surface area contributed by atoms with E-state index in [0.717, 1.165) is 24.8 Å². The third kappa shape index (κ3) is 5.90. The molecule has 186 valence electrons. The van der Waals surface area contributed by atoms with Crippen LogP contribution in [0.3, 0.4) is 0 Å². The molecule has 3 rings (SSSR count). The van der Waals surface area contributed by atoms with E-state index in [4.69, 9.17) is 0 Å². The second kappa shape index (κ2) is 11.0. The maximum Gasteiger partial charge on any atom is 0.106 e. The molecule has 6 atom stereocenters. The van der Waals surface area contributed by atoms with Crippen molar-refractivity contribution < 1.29 is 20.4 Å². The monoisotopic (exact) mass is 458 g/mol. The average Bonchev–Trinajstić information content (AvgIpc) is 3.16. The van der Waals surface area contributed by atoms with Gasteiger partial charge in [0.25, 0.3) is 0 Å². The summed E-state index contributed by atoms with van der Waals surface area (Å²) in [4.78, 5) is 0. The van der Waals surface area contributed by atoms with E-state index in [9.17, 15) is 20.4 Å². The lowest BCUT2D eigenvalue weighted by molar-refractivity contribution is -0.0713. The van der Waals surface area contributed by atoms with Crippen molar-refractivity contribution in [1.29, 1.82) is 0 Å². The van der Waals surface area contributed by atoms with E-state index >= 15 is 0 Å². The molecule has 0 saturated heterocycles. The molecule has 3 fully saturated rings. The molecule has 0 aromatic carbocycles. The van der Waals surface area contributed by atoms with Crippen LogP contribution in [0.25, 0.3) is 0 Å². The summed E-state index contributed by atoms with van der Waals surface area (Å²) in [5.74, 6) is 1.73. The lowest BCUT2D eigenvalue weighted by Crippen LogP contribution is -2.41. The summed E-state index contributed by atoms with van der Waals surface area (Å²) >= 11 is 0. The minimum absolute atomic E-state index is 0.297. The normalized spacial score (nSPS) is 37.8. The number of rotatable bonds is 7. The first-order valence-corrected chi connectivity index (χ1v) is 13.1. The Morgan fingerprint density at radius 2 is 1.70 bits per heavy atom. The van der Waals surface area contributed by atoms with Crippen molar-refractivity contribution in [3.05, 3.63) is 47.6 Å². The molecule has 0 aliphatic heterocycles. The summed E-state index contributed by atoms with van der Waals surface area (Å²) < 4.78 is 0. The Bertz CT molecular complexity index is 760. The Hall–Kier alpha value is -1.20. The van der Waals surface area contributed by atoms with E-state index < -0.39 is 23.9 Å². The molecule has 3 saturated carbocycles. The molecule has 0 radical (unpaired) electrons. The van der Waals surface area contributed by atoms with Crippen molar-refractivity contribution in [1.82, 2.24) is 0 Å². The molecule has 3 unspecified atom stereocenters. The van der Waals surface area contributed by atoms with Crippen molar-refractivity contribution >= 4 is 0 Å². The van der Waals surface area contributed by atoms with Gasteiger partial charge in [-0.25, -0.2) is 0 Å². The van der Waals surface area contributed by atoms with Gasteiger partial charge in [-0.05, 0) is 81.0 Å². The van der Waals surface area contributed by atoms with Crippen LogP contribution >= 0.6 is 0 Å². The molecule has 4 nitrogen and oxygen atoms in total. The zero-order valence-corrected chi connectivity index (χ0v) is 21.1. The quantitative estimate of drug-likeness (QED) is 0.394. The van der Waals surface area contributed by atoms with Crippen LogP contribution in [0.4, 0.5) is 0 Å². The first-order chi connectivity index (χ1) is 15.6. The highest BCUT2D eigenvalue weighted by atomic mass is 16.4. The zero-order valence-electron chi connectivity index (χ0n) is 21.1. The third-order valence-corrected chi connectivity index (χ3v) is 9.09. The van der Waals surface area contributed by atoms with Gasteiger partial charge in [-0.3, -0.25) is 0 Å². The van der Waals surface area contributed by atoms with Crippen molar-refractivity contribution in [2.75, 3.05) is 0 Å². The number of hydrogen-bond donors (Lipinski definition) is 4. The van der Waals surface area contributed by atoms with Crippen LogP contribution in [-0.2, 0) is 0 Å². The fraction of sp³-hybridized carbons (Fsp3) is 0.724. The van der Waals surface area contributed by atoms with Crippen molar-refractivity contribution in [2.45, 2.75) is 109 Å². The van der Waals surface area contributed by atoms with Crippen LogP contribution in [-0.4, -0.2) is 44.3 Å². The van der Waals surface area contributed by atoms with Crippen LogP contribution < -0.4 is 0 Å². The summed E-state index contributed by atoms with van der Waals surface area (Å²) in [6, 6.07) is 0. The van der Waals surface area contributed by atoms with Gasteiger partial charge in [0.2, 0.25) is 0 Å². The highest BCUT2D eigenvalue weighted by Gasteiger charge is 2.50. The number of allylic oxidation sites excluding steroid dienone is 6. The first kappa shape index (κ1) is 26.4. The van der Waals surface area contributed by atoms with Gasteiger partial charge in [0.1, 0.15) is 6.10 Å². The van der Waals surface area contributed by atoms with Crippen molar-refractivity contribution in [2.24, 2.45) is 23.2 Å². The summed E-state index contributed by atoms with van der Waals surface area (Å²) in [5.41, 5.74) is 2.14. The first-order valence-electron chi connectivity index (χ1n) is 13.1. The van der Waals surface area contributed by atoms with Gasteiger partial charge in [-0.15, -0.1) is 0 Å². The molecule has 0 aromatic heterocycles. The highest BCUT2D eigenvalue weighted by Crippen LogP contribution is 2.59. The lowest BCUT2D eigenvalue weighted by Gasteiger charge is -2.44. The summed E-state index contributed by atoms with van der Waals surface area (Å²) in [6.45, 7) is 8.86. The van der Waals surface area contributed by atoms with Gasteiger partial charge < -0.3 is 20.4 Å². The minimum Gasteiger partial charge on any atom is -0.390 e. The van der Waals surface area contributed by atoms with Crippen molar-refractivity contribution in [3.63, 3.8) is 0 Å². The molecule has 0 spiro atoms. The Kier molecular flexibility index (Phi) is 8.82. The van der Waals surface area contributed by atoms with Gasteiger partial charge in [0, 0.05) is 0 Å².